The van der Waals surface area contributed by atoms with Crippen LogP contribution in [0.5, 0.6) is 0 Å². The maximum atomic E-state index is 4.99. The van der Waals surface area contributed by atoms with Crippen molar-refractivity contribution < 1.29 is 0 Å². The molecule has 0 saturated heterocycles. The third kappa shape index (κ3) is 3.59. The van der Waals surface area contributed by atoms with E-state index in [0.29, 0.717) is 5.82 Å². The average molecular weight is 439 g/mol. The number of benzene rings is 3. The van der Waals surface area contributed by atoms with Crippen LogP contribution in [0.1, 0.15) is 11.3 Å². The van der Waals surface area contributed by atoms with Gasteiger partial charge in [-0.1, -0.05) is 54.6 Å². The van der Waals surface area contributed by atoms with E-state index in [4.69, 9.17) is 15.0 Å². The van der Waals surface area contributed by atoms with E-state index >= 15 is 0 Å². The van der Waals surface area contributed by atoms with Crippen LogP contribution >= 0.6 is 0 Å². The number of nitrogens with zero attached hydrogens (tertiary/aromatic N) is 4. The maximum absolute atomic E-state index is 4.99. The molecule has 0 fully saturated rings. The molecule has 0 aliphatic heterocycles. The lowest BCUT2D eigenvalue weighted by atomic mass is 9.98. The highest BCUT2D eigenvalue weighted by molar-refractivity contribution is 6.07. The van der Waals surface area contributed by atoms with Crippen LogP contribution in [0.3, 0.4) is 0 Å². The van der Waals surface area contributed by atoms with Crippen molar-refractivity contribution >= 4 is 21.7 Å². The first-order valence-electron chi connectivity index (χ1n) is 11.3. The van der Waals surface area contributed by atoms with Crippen molar-refractivity contribution in [2.75, 3.05) is 0 Å². The molecule has 0 bridgehead atoms. The van der Waals surface area contributed by atoms with Gasteiger partial charge in [0.2, 0.25) is 0 Å². The van der Waals surface area contributed by atoms with E-state index in [1.807, 2.05) is 49.4 Å². The third-order valence-corrected chi connectivity index (χ3v) is 6.12. The van der Waals surface area contributed by atoms with E-state index in [2.05, 4.69) is 60.4 Å². The zero-order chi connectivity index (χ0) is 23.1. The summed E-state index contributed by atoms with van der Waals surface area (Å²) in [6, 6.07) is 30.9. The molecule has 0 amide bonds. The highest BCUT2D eigenvalue weighted by Crippen LogP contribution is 2.32. The van der Waals surface area contributed by atoms with Crippen molar-refractivity contribution in [3.63, 3.8) is 0 Å². The van der Waals surface area contributed by atoms with E-state index in [9.17, 15) is 0 Å². The topological polar surface area (TPSA) is 51.6 Å². The predicted molar refractivity (Wildman–Crippen MR) is 138 cm³/mol. The molecule has 0 unspecified atom stereocenters. The summed E-state index contributed by atoms with van der Waals surface area (Å²) in [4.78, 5) is 19.3. The van der Waals surface area contributed by atoms with Gasteiger partial charge >= 0.3 is 0 Å². The van der Waals surface area contributed by atoms with Gasteiger partial charge in [0.1, 0.15) is 0 Å². The summed E-state index contributed by atoms with van der Waals surface area (Å²) in [7, 11) is 0. The molecule has 0 aliphatic carbocycles. The quantitative estimate of drug-likeness (QED) is 0.274. The fourth-order valence-electron chi connectivity index (χ4n) is 4.41. The Morgan fingerprint density at radius 1 is 0.559 bits per heavy atom. The Kier molecular flexibility index (Phi) is 4.84. The minimum Gasteiger partial charge on any atom is -0.255 e. The zero-order valence-corrected chi connectivity index (χ0v) is 19.0. The van der Waals surface area contributed by atoms with Gasteiger partial charge < -0.3 is 0 Å². The molecule has 0 spiro atoms. The number of aromatic nitrogens is 4. The number of hydrogen-bond acceptors (Lipinski definition) is 4. The summed E-state index contributed by atoms with van der Waals surface area (Å²) in [6.45, 7) is 4.16. The Balaban J connectivity index is 1.62. The van der Waals surface area contributed by atoms with E-state index in [1.54, 1.807) is 6.20 Å². The number of hydrogen-bond donors (Lipinski definition) is 0. The van der Waals surface area contributed by atoms with E-state index < -0.39 is 0 Å². The normalized spacial score (nSPS) is 11.2. The molecule has 4 nitrogen and oxygen atoms in total. The standard InChI is InChI=1S/C30H22N4/c1-19-16-23(17-25-24(19)14-13-22-12-11-20(2)32-29(22)25)30-33-27(21-8-4-3-5-9-21)18-28(34-30)26-10-6-7-15-31-26/h3-18H,1-2H3. The van der Waals surface area contributed by atoms with Gasteiger partial charge in [0.05, 0.1) is 22.6 Å². The molecule has 6 rings (SSSR count). The number of rotatable bonds is 3. The third-order valence-electron chi connectivity index (χ3n) is 6.12. The Hall–Kier alpha value is -4.44. The van der Waals surface area contributed by atoms with Crippen LogP contribution in [-0.4, -0.2) is 19.9 Å². The Bertz CT molecular complexity index is 1600. The molecule has 3 aromatic carbocycles. The molecule has 0 radical (unpaired) electrons. The van der Waals surface area contributed by atoms with Crippen molar-refractivity contribution in [2.24, 2.45) is 0 Å². The fraction of sp³-hybridized carbons (Fsp3) is 0.0667. The van der Waals surface area contributed by atoms with Crippen LogP contribution in [0.2, 0.25) is 0 Å². The smallest absolute Gasteiger partial charge is 0.160 e. The molecule has 0 atom stereocenters. The van der Waals surface area contributed by atoms with Gasteiger partial charge in [-0.2, -0.15) is 0 Å². The Labute approximate surface area is 198 Å². The van der Waals surface area contributed by atoms with Gasteiger partial charge in [0.15, 0.2) is 5.82 Å². The van der Waals surface area contributed by atoms with E-state index in [-0.39, 0.29) is 0 Å². The minimum absolute atomic E-state index is 0.677. The van der Waals surface area contributed by atoms with Crippen LogP contribution < -0.4 is 0 Å². The maximum Gasteiger partial charge on any atom is 0.160 e. The molecule has 0 N–H and O–H groups in total. The largest absolute Gasteiger partial charge is 0.255 e. The average Bonchev–Trinajstić information content (AvgIpc) is 2.89. The first-order valence-corrected chi connectivity index (χ1v) is 11.3. The number of fused-ring (bicyclic) bond motifs is 3. The van der Waals surface area contributed by atoms with Gasteiger partial charge in [-0.25, -0.2) is 9.97 Å². The van der Waals surface area contributed by atoms with Gasteiger partial charge in [-0.15, -0.1) is 0 Å². The molecule has 3 aromatic heterocycles. The Morgan fingerprint density at radius 3 is 2.18 bits per heavy atom. The molecule has 0 aliphatic rings. The lowest BCUT2D eigenvalue weighted by molar-refractivity contribution is 1.16. The summed E-state index contributed by atoms with van der Waals surface area (Å²) < 4.78 is 0. The van der Waals surface area contributed by atoms with Crippen molar-refractivity contribution in [1.29, 1.82) is 0 Å². The van der Waals surface area contributed by atoms with Crippen LogP contribution in [-0.2, 0) is 0 Å². The van der Waals surface area contributed by atoms with Crippen LogP contribution in [0.4, 0.5) is 0 Å². The SMILES string of the molecule is Cc1ccc2ccc3c(C)cc(-c4nc(-c5ccccc5)cc(-c5ccccn5)n4)cc3c2n1. The summed E-state index contributed by atoms with van der Waals surface area (Å²) in [5, 5.41) is 3.44. The minimum atomic E-state index is 0.677. The summed E-state index contributed by atoms with van der Waals surface area (Å²) in [5.74, 6) is 0.677. The lowest BCUT2D eigenvalue weighted by Crippen LogP contribution is -1.97. The van der Waals surface area contributed by atoms with E-state index in [1.165, 1.54) is 10.9 Å². The second-order valence-corrected chi connectivity index (χ2v) is 8.52. The highest BCUT2D eigenvalue weighted by atomic mass is 14.9. The zero-order valence-electron chi connectivity index (χ0n) is 19.0. The molecule has 34 heavy (non-hydrogen) atoms. The van der Waals surface area contributed by atoms with Crippen molar-refractivity contribution in [1.82, 2.24) is 19.9 Å². The Morgan fingerprint density at radius 2 is 1.35 bits per heavy atom. The molecule has 4 heteroatoms. The van der Waals surface area contributed by atoms with Gasteiger partial charge in [0.25, 0.3) is 0 Å². The second kappa shape index (κ2) is 8.16. The van der Waals surface area contributed by atoms with Crippen LogP contribution in [0.25, 0.3) is 55.7 Å². The fourth-order valence-corrected chi connectivity index (χ4v) is 4.41. The molecule has 3 heterocycles. The summed E-state index contributed by atoms with van der Waals surface area (Å²) in [6.07, 6.45) is 1.79. The first kappa shape index (κ1) is 20.2. The van der Waals surface area contributed by atoms with Gasteiger partial charge in [-0.05, 0) is 61.2 Å². The second-order valence-electron chi connectivity index (χ2n) is 8.52. The van der Waals surface area contributed by atoms with Crippen LogP contribution in [0.15, 0.2) is 97.2 Å². The van der Waals surface area contributed by atoms with E-state index in [0.717, 1.165) is 50.2 Å². The van der Waals surface area contributed by atoms with Gasteiger partial charge in [-0.3, -0.25) is 9.97 Å². The number of aryl methyl sites for hydroxylation is 2. The van der Waals surface area contributed by atoms with Crippen LogP contribution in [0, 0.1) is 13.8 Å². The molecular weight excluding hydrogens is 416 g/mol. The summed E-state index contributed by atoms with van der Waals surface area (Å²) >= 11 is 0. The molecule has 6 aromatic rings. The number of pyridine rings is 2. The van der Waals surface area contributed by atoms with Gasteiger partial charge in [0, 0.05) is 33.8 Å². The monoisotopic (exact) mass is 438 g/mol. The first-order chi connectivity index (χ1) is 16.7. The molecule has 162 valence electrons. The molecule has 0 saturated carbocycles. The van der Waals surface area contributed by atoms with Crippen molar-refractivity contribution in [3.8, 4) is 34.0 Å². The predicted octanol–water partition coefficient (Wildman–Crippen LogP) is 7.19. The van der Waals surface area contributed by atoms with Crippen molar-refractivity contribution in [3.05, 3.63) is 108 Å². The van der Waals surface area contributed by atoms with Crippen molar-refractivity contribution in [2.45, 2.75) is 13.8 Å². The lowest BCUT2D eigenvalue weighted by Gasteiger charge is -2.12. The molecular formula is C30H22N4. The highest BCUT2D eigenvalue weighted by Gasteiger charge is 2.14. The summed E-state index contributed by atoms with van der Waals surface area (Å²) in [5.41, 5.74) is 7.69.